The fraction of sp³-hybridized carbons (Fsp3) is 0.316. The van der Waals surface area contributed by atoms with E-state index in [0.717, 1.165) is 23.3 Å². The van der Waals surface area contributed by atoms with Crippen LogP contribution < -0.4 is 11.2 Å². The molecule has 0 aliphatic rings. The van der Waals surface area contributed by atoms with Gasteiger partial charge in [-0.1, -0.05) is 60.4 Å². The third-order valence-electron chi connectivity index (χ3n) is 4.32. The van der Waals surface area contributed by atoms with Crippen molar-refractivity contribution >= 4 is 52.2 Å². The molecule has 154 valence electrons. The van der Waals surface area contributed by atoms with Crippen LogP contribution in [0.25, 0.3) is 10.7 Å². The molecule has 0 radical (unpaired) electrons. The highest BCUT2D eigenvalue weighted by Crippen LogP contribution is 2.30. The monoisotopic (exact) mass is 469 g/mol. The minimum absolute atomic E-state index is 0.0955. The molecule has 0 aliphatic carbocycles. The fourth-order valence-electron chi connectivity index (χ4n) is 2.92. The van der Waals surface area contributed by atoms with Gasteiger partial charge in [-0.3, -0.25) is 4.79 Å². The SMILES string of the molecule is CCC[C@@H](CNC(=O)CSc1nnc(-c2cccs2)n1N)c1ccc(Cl)cc1Cl. The van der Waals surface area contributed by atoms with Crippen molar-refractivity contribution in [3.63, 3.8) is 0 Å². The van der Waals surface area contributed by atoms with Gasteiger partial charge in [-0.15, -0.1) is 21.5 Å². The maximum absolute atomic E-state index is 12.4. The summed E-state index contributed by atoms with van der Waals surface area (Å²) >= 11 is 15.1. The Bertz CT molecular complexity index is 962. The lowest BCUT2D eigenvalue weighted by Gasteiger charge is -2.19. The summed E-state index contributed by atoms with van der Waals surface area (Å²) in [6, 6.07) is 9.33. The molecule has 0 saturated carbocycles. The highest BCUT2D eigenvalue weighted by atomic mass is 35.5. The quantitative estimate of drug-likeness (QED) is 0.346. The molecule has 10 heteroatoms. The standard InChI is InChI=1S/C19H21Cl2N5OS2/c1-2-4-12(14-7-6-13(20)9-15(14)21)10-23-17(27)11-29-19-25-24-18(26(19)22)16-5-3-8-28-16/h3,5-9,12H,2,4,10-11,22H2,1H3,(H,23,27)/t12-/m0/s1. The first-order valence-electron chi connectivity index (χ1n) is 9.08. The summed E-state index contributed by atoms with van der Waals surface area (Å²) in [4.78, 5) is 13.3. The van der Waals surface area contributed by atoms with Crippen LogP contribution in [0, 0.1) is 0 Å². The third-order valence-corrected chi connectivity index (χ3v) is 6.69. The first-order valence-corrected chi connectivity index (χ1v) is 11.7. The minimum atomic E-state index is -0.0955. The van der Waals surface area contributed by atoms with Gasteiger partial charge in [0.15, 0.2) is 5.82 Å². The Balaban J connectivity index is 1.56. The second-order valence-electron chi connectivity index (χ2n) is 6.40. The van der Waals surface area contributed by atoms with Gasteiger partial charge in [0.25, 0.3) is 0 Å². The Hall–Kier alpha value is -1.74. The Morgan fingerprint density at radius 3 is 2.86 bits per heavy atom. The number of benzene rings is 1. The van der Waals surface area contributed by atoms with E-state index < -0.39 is 0 Å². The van der Waals surface area contributed by atoms with E-state index in [9.17, 15) is 4.79 Å². The molecule has 3 N–H and O–H groups in total. The van der Waals surface area contributed by atoms with Crippen molar-refractivity contribution in [1.29, 1.82) is 0 Å². The summed E-state index contributed by atoms with van der Waals surface area (Å²) in [7, 11) is 0. The van der Waals surface area contributed by atoms with Crippen LogP contribution in [0.1, 0.15) is 31.2 Å². The zero-order chi connectivity index (χ0) is 20.8. The maximum atomic E-state index is 12.4. The second-order valence-corrected chi connectivity index (χ2v) is 9.13. The van der Waals surface area contributed by atoms with Gasteiger partial charge in [0.2, 0.25) is 11.1 Å². The van der Waals surface area contributed by atoms with E-state index in [2.05, 4.69) is 22.4 Å². The molecule has 1 aromatic carbocycles. The van der Waals surface area contributed by atoms with Crippen LogP contribution in [0.3, 0.4) is 0 Å². The van der Waals surface area contributed by atoms with Crippen LogP contribution in [-0.4, -0.2) is 33.1 Å². The number of hydrogen-bond acceptors (Lipinski definition) is 6. The van der Waals surface area contributed by atoms with E-state index in [4.69, 9.17) is 29.0 Å². The van der Waals surface area contributed by atoms with Gasteiger partial charge < -0.3 is 11.2 Å². The van der Waals surface area contributed by atoms with Gasteiger partial charge >= 0.3 is 0 Å². The fourth-order valence-corrected chi connectivity index (χ4v) is 4.87. The van der Waals surface area contributed by atoms with Crippen molar-refractivity contribution in [2.45, 2.75) is 30.8 Å². The van der Waals surface area contributed by atoms with Crippen molar-refractivity contribution in [3.05, 3.63) is 51.3 Å². The number of nitrogens with two attached hydrogens (primary N) is 1. The number of aromatic nitrogens is 3. The first-order chi connectivity index (χ1) is 14.0. The number of nitrogens with zero attached hydrogens (tertiary/aromatic N) is 3. The Morgan fingerprint density at radius 2 is 2.17 bits per heavy atom. The van der Waals surface area contributed by atoms with Crippen molar-refractivity contribution in [2.75, 3.05) is 18.1 Å². The van der Waals surface area contributed by atoms with Crippen molar-refractivity contribution in [3.8, 4) is 10.7 Å². The Morgan fingerprint density at radius 1 is 1.34 bits per heavy atom. The summed E-state index contributed by atoms with van der Waals surface area (Å²) in [5, 5.41) is 14.8. The molecule has 0 fully saturated rings. The number of carbonyl (C=O) groups is 1. The molecule has 1 amide bonds. The van der Waals surface area contributed by atoms with Crippen LogP contribution in [0.2, 0.25) is 10.0 Å². The van der Waals surface area contributed by atoms with E-state index in [0.29, 0.717) is 27.6 Å². The predicted octanol–water partition coefficient (Wildman–Crippen LogP) is 4.82. The topological polar surface area (TPSA) is 85.8 Å². The number of hydrogen-bond donors (Lipinski definition) is 2. The van der Waals surface area contributed by atoms with Crippen LogP contribution in [0.5, 0.6) is 0 Å². The molecule has 29 heavy (non-hydrogen) atoms. The zero-order valence-electron chi connectivity index (χ0n) is 15.8. The number of rotatable bonds is 9. The summed E-state index contributed by atoms with van der Waals surface area (Å²) in [6.45, 7) is 2.61. The van der Waals surface area contributed by atoms with Gasteiger partial charge in [0, 0.05) is 22.5 Å². The number of thiophene rings is 1. The van der Waals surface area contributed by atoms with Crippen LogP contribution in [-0.2, 0) is 4.79 Å². The average molecular weight is 470 g/mol. The van der Waals surface area contributed by atoms with Gasteiger partial charge in [0.05, 0.1) is 10.6 Å². The molecule has 1 atom stereocenters. The lowest BCUT2D eigenvalue weighted by molar-refractivity contribution is -0.118. The largest absolute Gasteiger partial charge is 0.355 e. The van der Waals surface area contributed by atoms with Crippen molar-refractivity contribution in [2.24, 2.45) is 0 Å². The van der Waals surface area contributed by atoms with E-state index in [1.165, 1.54) is 27.8 Å². The highest BCUT2D eigenvalue weighted by Gasteiger charge is 2.17. The first kappa shape index (κ1) is 22.0. The van der Waals surface area contributed by atoms with E-state index in [-0.39, 0.29) is 17.6 Å². The smallest absolute Gasteiger partial charge is 0.230 e. The molecule has 3 aromatic rings. The lowest BCUT2D eigenvalue weighted by atomic mass is 9.94. The molecule has 0 unspecified atom stereocenters. The van der Waals surface area contributed by atoms with Crippen molar-refractivity contribution < 1.29 is 4.79 Å². The second kappa shape index (κ2) is 10.3. The number of nitrogens with one attached hydrogen (secondary N) is 1. The number of thioether (sulfide) groups is 1. The third kappa shape index (κ3) is 5.66. The molecule has 3 rings (SSSR count). The zero-order valence-corrected chi connectivity index (χ0v) is 18.9. The van der Waals surface area contributed by atoms with Crippen LogP contribution in [0.4, 0.5) is 0 Å². The van der Waals surface area contributed by atoms with Gasteiger partial charge in [-0.05, 0) is 35.6 Å². The number of carbonyl (C=O) groups excluding carboxylic acids is 1. The summed E-state index contributed by atoms with van der Waals surface area (Å²) in [5.41, 5.74) is 0.994. The maximum Gasteiger partial charge on any atom is 0.230 e. The Kier molecular flexibility index (Phi) is 7.83. The molecule has 2 heterocycles. The summed E-state index contributed by atoms with van der Waals surface area (Å²) in [6.07, 6.45) is 1.89. The number of halogens is 2. The van der Waals surface area contributed by atoms with E-state index in [1.54, 1.807) is 6.07 Å². The molecule has 0 spiro atoms. The molecule has 6 nitrogen and oxygen atoms in total. The predicted molar refractivity (Wildman–Crippen MR) is 121 cm³/mol. The minimum Gasteiger partial charge on any atom is -0.355 e. The Labute approximate surface area is 187 Å². The van der Waals surface area contributed by atoms with Crippen LogP contribution in [0.15, 0.2) is 40.9 Å². The molecular weight excluding hydrogens is 449 g/mol. The molecule has 0 aliphatic heterocycles. The van der Waals surface area contributed by atoms with Gasteiger partial charge in [-0.2, -0.15) is 0 Å². The summed E-state index contributed by atoms with van der Waals surface area (Å²) < 4.78 is 1.41. The lowest BCUT2D eigenvalue weighted by Crippen LogP contribution is -2.30. The number of amides is 1. The molecule has 2 aromatic heterocycles. The number of nitrogen functional groups attached to an aromatic ring is 1. The van der Waals surface area contributed by atoms with Gasteiger partial charge in [-0.25, -0.2) is 4.68 Å². The molecule has 0 saturated heterocycles. The highest BCUT2D eigenvalue weighted by molar-refractivity contribution is 7.99. The van der Waals surface area contributed by atoms with E-state index in [1.807, 2.05) is 29.6 Å². The van der Waals surface area contributed by atoms with Crippen molar-refractivity contribution in [1.82, 2.24) is 20.2 Å². The molecular formula is C19H21Cl2N5OS2. The van der Waals surface area contributed by atoms with Crippen LogP contribution >= 0.6 is 46.3 Å². The molecule has 0 bridgehead atoms. The van der Waals surface area contributed by atoms with Gasteiger partial charge in [0.1, 0.15) is 0 Å². The van der Waals surface area contributed by atoms with E-state index >= 15 is 0 Å². The summed E-state index contributed by atoms with van der Waals surface area (Å²) in [5.74, 6) is 6.89. The normalized spacial score (nSPS) is 12.1. The average Bonchev–Trinajstić information content (AvgIpc) is 3.33.